The van der Waals surface area contributed by atoms with Crippen LogP contribution in [-0.4, -0.2) is 28.0 Å². The first-order valence-electron chi connectivity index (χ1n) is 6.79. The number of hydrazine groups is 1. The van der Waals surface area contributed by atoms with E-state index in [1.54, 1.807) is 0 Å². The lowest BCUT2D eigenvalue weighted by atomic mass is 10.0. The summed E-state index contributed by atoms with van der Waals surface area (Å²) < 4.78 is 0. The van der Waals surface area contributed by atoms with Gasteiger partial charge in [-0.3, -0.25) is 10.1 Å². The van der Waals surface area contributed by atoms with E-state index >= 15 is 0 Å². The SMILES string of the molecule is CCC(CC)CN(CC)c1ncnc(NN)c1[N+](=O)[O-]. The molecule has 0 aromatic carbocycles. The number of hydrogen-bond donors (Lipinski definition) is 2. The predicted octanol–water partition coefficient (Wildman–Crippen LogP) is 1.93. The van der Waals surface area contributed by atoms with Crippen molar-refractivity contribution in [1.82, 2.24) is 9.97 Å². The fourth-order valence-corrected chi connectivity index (χ4v) is 2.10. The molecule has 0 saturated carbocycles. The van der Waals surface area contributed by atoms with Crippen molar-refractivity contribution >= 4 is 17.3 Å². The van der Waals surface area contributed by atoms with Crippen LogP contribution < -0.4 is 16.2 Å². The largest absolute Gasteiger partial charge is 0.354 e. The number of nitro groups is 1. The van der Waals surface area contributed by atoms with Crippen molar-refractivity contribution in [3.63, 3.8) is 0 Å². The summed E-state index contributed by atoms with van der Waals surface area (Å²) in [6.45, 7) is 7.54. The van der Waals surface area contributed by atoms with Crippen molar-refractivity contribution in [2.45, 2.75) is 33.6 Å². The highest BCUT2D eigenvalue weighted by Crippen LogP contribution is 2.31. The lowest BCUT2D eigenvalue weighted by molar-refractivity contribution is -0.383. The Labute approximate surface area is 118 Å². The fourth-order valence-electron chi connectivity index (χ4n) is 2.10. The number of nitrogens with zero attached hydrogens (tertiary/aromatic N) is 4. The van der Waals surface area contributed by atoms with Crippen LogP contribution in [0.4, 0.5) is 17.3 Å². The molecule has 0 bridgehead atoms. The molecule has 3 N–H and O–H groups in total. The Hall–Kier alpha value is -1.96. The average Bonchev–Trinajstić information content (AvgIpc) is 2.47. The molecular formula is C12H22N6O2. The maximum atomic E-state index is 11.3. The van der Waals surface area contributed by atoms with Crippen molar-refractivity contribution in [3.05, 3.63) is 16.4 Å². The first kappa shape index (κ1) is 16.1. The first-order valence-corrected chi connectivity index (χ1v) is 6.79. The van der Waals surface area contributed by atoms with Crippen LogP contribution in [0.15, 0.2) is 6.33 Å². The molecule has 0 saturated heterocycles. The molecule has 0 aliphatic rings. The monoisotopic (exact) mass is 282 g/mol. The zero-order valence-electron chi connectivity index (χ0n) is 12.2. The zero-order valence-corrected chi connectivity index (χ0v) is 12.2. The maximum Gasteiger partial charge on any atom is 0.354 e. The number of rotatable bonds is 8. The second kappa shape index (κ2) is 7.59. The van der Waals surface area contributed by atoms with Crippen molar-refractivity contribution in [2.75, 3.05) is 23.4 Å². The summed E-state index contributed by atoms with van der Waals surface area (Å²) in [7, 11) is 0. The molecule has 0 unspecified atom stereocenters. The van der Waals surface area contributed by atoms with Gasteiger partial charge in [-0.15, -0.1) is 0 Å². The number of hydrogen-bond acceptors (Lipinski definition) is 7. The van der Waals surface area contributed by atoms with Gasteiger partial charge in [0.25, 0.3) is 0 Å². The normalized spacial score (nSPS) is 10.7. The van der Waals surface area contributed by atoms with Crippen molar-refractivity contribution < 1.29 is 4.92 Å². The van der Waals surface area contributed by atoms with Gasteiger partial charge in [-0.25, -0.2) is 15.8 Å². The summed E-state index contributed by atoms with van der Waals surface area (Å²) in [5.41, 5.74) is 2.08. The molecule has 20 heavy (non-hydrogen) atoms. The summed E-state index contributed by atoms with van der Waals surface area (Å²) in [4.78, 5) is 20.5. The van der Waals surface area contributed by atoms with Crippen LogP contribution in [0.3, 0.4) is 0 Å². The van der Waals surface area contributed by atoms with E-state index in [1.807, 2.05) is 11.8 Å². The van der Waals surface area contributed by atoms with Crippen LogP contribution >= 0.6 is 0 Å². The molecule has 0 radical (unpaired) electrons. The Morgan fingerprint density at radius 2 is 2.05 bits per heavy atom. The maximum absolute atomic E-state index is 11.3. The van der Waals surface area contributed by atoms with Gasteiger partial charge in [0.15, 0.2) is 0 Å². The lowest BCUT2D eigenvalue weighted by Crippen LogP contribution is -2.31. The third-order valence-corrected chi connectivity index (χ3v) is 3.44. The summed E-state index contributed by atoms with van der Waals surface area (Å²) in [6.07, 6.45) is 3.33. The Kier molecular flexibility index (Phi) is 6.10. The van der Waals surface area contributed by atoms with Gasteiger partial charge in [-0.05, 0) is 12.8 Å². The molecule has 0 atom stereocenters. The van der Waals surface area contributed by atoms with E-state index in [1.165, 1.54) is 6.33 Å². The van der Waals surface area contributed by atoms with E-state index in [2.05, 4.69) is 29.2 Å². The second-order valence-corrected chi connectivity index (χ2v) is 4.52. The fraction of sp³-hybridized carbons (Fsp3) is 0.667. The van der Waals surface area contributed by atoms with E-state index in [0.29, 0.717) is 18.3 Å². The third kappa shape index (κ3) is 3.53. The molecule has 0 aliphatic carbocycles. The van der Waals surface area contributed by atoms with Crippen LogP contribution in [-0.2, 0) is 0 Å². The molecule has 112 valence electrons. The molecule has 1 aromatic heterocycles. The molecule has 8 heteroatoms. The molecule has 1 heterocycles. The summed E-state index contributed by atoms with van der Waals surface area (Å²) in [5.74, 6) is 6.10. The van der Waals surface area contributed by atoms with E-state index in [9.17, 15) is 10.1 Å². The molecule has 0 aliphatic heterocycles. The van der Waals surface area contributed by atoms with Crippen LogP contribution in [0.5, 0.6) is 0 Å². The van der Waals surface area contributed by atoms with Crippen molar-refractivity contribution in [1.29, 1.82) is 0 Å². The Morgan fingerprint density at radius 3 is 2.50 bits per heavy atom. The minimum absolute atomic E-state index is 0.0306. The first-order chi connectivity index (χ1) is 9.58. The number of anilines is 2. The van der Waals surface area contributed by atoms with E-state index in [-0.39, 0.29) is 11.5 Å². The number of nitrogen functional groups attached to an aromatic ring is 1. The quantitative estimate of drug-likeness (QED) is 0.426. The van der Waals surface area contributed by atoms with E-state index in [4.69, 9.17) is 5.84 Å². The molecule has 8 nitrogen and oxygen atoms in total. The van der Waals surface area contributed by atoms with Crippen LogP contribution in [0.2, 0.25) is 0 Å². The Morgan fingerprint density at radius 1 is 1.40 bits per heavy atom. The number of nitrogens with one attached hydrogen (secondary N) is 1. The van der Waals surface area contributed by atoms with Gasteiger partial charge < -0.3 is 10.3 Å². The van der Waals surface area contributed by atoms with E-state index in [0.717, 1.165) is 19.4 Å². The summed E-state index contributed by atoms with van der Waals surface area (Å²) in [6, 6.07) is 0. The third-order valence-electron chi connectivity index (χ3n) is 3.44. The van der Waals surface area contributed by atoms with Gasteiger partial charge in [0.05, 0.1) is 4.92 Å². The molecule has 1 rings (SSSR count). The predicted molar refractivity (Wildman–Crippen MR) is 78.5 cm³/mol. The summed E-state index contributed by atoms with van der Waals surface area (Å²) in [5, 5.41) is 11.3. The smallest absolute Gasteiger partial charge is 0.351 e. The minimum atomic E-state index is -0.500. The summed E-state index contributed by atoms with van der Waals surface area (Å²) >= 11 is 0. The highest BCUT2D eigenvalue weighted by atomic mass is 16.6. The average molecular weight is 282 g/mol. The molecule has 1 aromatic rings. The van der Waals surface area contributed by atoms with Gasteiger partial charge in [0.1, 0.15) is 6.33 Å². The molecule has 0 spiro atoms. The second-order valence-electron chi connectivity index (χ2n) is 4.52. The standard InChI is InChI=1S/C12H22N6O2/c1-4-9(5-2)7-17(6-3)12-10(18(19)20)11(16-13)14-8-15-12/h8-9H,4-7,13H2,1-3H3,(H,14,15,16). The van der Waals surface area contributed by atoms with Crippen LogP contribution in [0.25, 0.3) is 0 Å². The van der Waals surface area contributed by atoms with Gasteiger partial charge in [0, 0.05) is 13.1 Å². The topological polar surface area (TPSA) is 110 Å². The van der Waals surface area contributed by atoms with Gasteiger partial charge >= 0.3 is 5.69 Å². The number of aromatic nitrogens is 2. The number of nitrogens with two attached hydrogens (primary N) is 1. The van der Waals surface area contributed by atoms with Crippen LogP contribution in [0, 0.1) is 16.0 Å². The Balaban J connectivity index is 3.17. The molecular weight excluding hydrogens is 260 g/mol. The van der Waals surface area contributed by atoms with Crippen molar-refractivity contribution in [3.8, 4) is 0 Å². The van der Waals surface area contributed by atoms with Gasteiger partial charge in [-0.2, -0.15) is 0 Å². The Bertz CT molecular complexity index is 450. The van der Waals surface area contributed by atoms with E-state index < -0.39 is 4.92 Å². The highest BCUT2D eigenvalue weighted by molar-refractivity contribution is 5.69. The molecule has 0 fully saturated rings. The van der Waals surface area contributed by atoms with Gasteiger partial charge in [-0.1, -0.05) is 26.7 Å². The van der Waals surface area contributed by atoms with Crippen molar-refractivity contribution in [2.24, 2.45) is 11.8 Å². The molecule has 0 amide bonds. The zero-order chi connectivity index (χ0) is 15.1. The van der Waals surface area contributed by atoms with Crippen LogP contribution in [0.1, 0.15) is 33.6 Å². The van der Waals surface area contributed by atoms with Gasteiger partial charge in [0.2, 0.25) is 11.6 Å². The lowest BCUT2D eigenvalue weighted by Gasteiger charge is -2.26. The minimum Gasteiger partial charge on any atom is -0.351 e. The highest BCUT2D eigenvalue weighted by Gasteiger charge is 2.26.